The van der Waals surface area contributed by atoms with Gasteiger partial charge in [-0.1, -0.05) is 17.7 Å². The number of pyridine rings is 1. The summed E-state index contributed by atoms with van der Waals surface area (Å²) in [6, 6.07) is 9.41. The Morgan fingerprint density at radius 1 is 1.12 bits per heavy atom. The van der Waals surface area contributed by atoms with Crippen molar-refractivity contribution < 1.29 is 4.79 Å². The lowest BCUT2D eigenvalue weighted by atomic mass is 10.1. The first kappa shape index (κ1) is 15.7. The number of anilines is 1. The molecule has 3 aromatic rings. The third-order valence-electron chi connectivity index (χ3n) is 3.60. The molecular formula is C18H19N5O. The molecule has 2 aromatic heterocycles. The molecule has 2 N–H and O–H groups in total. The van der Waals surface area contributed by atoms with E-state index in [1.165, 1.54) is 0 Å². The van der Waals surface area contributed by atoms with E-state index in [1.807, 2.05) is 50.5 Å². The average molecular weight is 321 g/mol. The summed E-state index contributed by atoms with van der Waals surface area (Å²) >= 11 is 0. The quantitative estimate of drug-likeness (QED) is 0.775. The molecule has 0 unspecified atom stereocenters. The number of carbonyl (C=O) groups is 1. The molecule has 0 atom stereocenters. The van der Waals surface area contributed by atoms with E-state index < -0.39 is 0 Å². The predicted octanol–water partition coefficient (Wildman–Crippen LogP) is 3.11. The molecule has 24 heavy (non-hydrogen) atoms. The lowest BCUT2D eigenvalue weighted by molar-refractivity contribution is 0.251. The molecule has 0 radical (unpaired) electrons. The summed E-state index contributed by atoms with van der Waals surface area (Å²) in [5.41, 5.74) is 4.81. The zero-order valence-electron chi connectivity index (χ0n) is 13.7. The maximum atomic E-state index is 12.0. The van der Waals surface area contributed by atoms with Crippen molar-refractivity contribution in [1.29, 1.82) is 0 Å². The van der Waals surface area contributed by atoms with Gasteiger partial charge in [0.15, 0.2) is 0 Å². The monoisotopic (exact) mass is 321 g/mol. The third-order valence-corrected chi connectivity index (χ3v) is 3.60. The van der Waals surface area contributed by atoms with Crippen molar-refractivity contribution in [3.05, 3.63) is 66.2 Å². The molecule has 0 aliphatic rings. The van der Waals surface area contributed by atoms with Gasteiger partial charge in [-0.3, -0.25) is 9.67 Å². The number of rotatable bonds is 4. The predicted molar refractivity (Wildman–Crippen MR) is 93.5 cm³/mol. The van der Waals surface area contributed by atoms with Crippen LogP contribution in [0.2, 0.25) is 0 Å². The first-order chi connectivity index (χ1) is 11.6. The number of amides is 2. The Bertz CT molecular complexity index is 839. The summed E-state index contributed by atoms with van der Waals surface area (Å²) in [4.78, 5) is 16.2. The van der Waals surface area contributed by atoms with E-state index in [0.29, 0.717) is 6.54 Å². The first-order valence-electron chi connectivity index (χ1n) is 7.64. The second kappa shape index (κ2) is 6.95. The maximum absolute atomic E-state index is 12.0. The van der Waals surface area contributed by atoms with Crippen LogP contribution in [0.25, 0.3) is 11.1 Å². The summed E-state index contributed by atoms with van der Waals surface area (Å²) < 4.78 is 1.75. The Balaban J connectivity index is 1.60. The number of benzene rings is 1. The number of hydrogen-bond donors (Lipinski definition) is 2. The number of nitrogens with zero attached hydrogens (tertiary/aromatic N) is 3. The second-order valence-corrected chi connectivity index (χ2v) is 5.66. The van der Waals surface area contributed by atoms with E-state index in [4.69, 9.17) is 0 Å². The van der Waals surface area contributed by atoms with E-state index in [1.54, 1.807) is 23.3 Å². The van der Waals surface area contributed by atoms with Crippen LogP contribution in [0.4, 0.5) is 10.5 Å². The molecule has 1 aromatic carbocycles. The van der Waals surface area contributed by atoms with Crippen molar-refractivity contribution >= 4 is 11.7 Å². The number of nitrogens with one attached hydrogen (secondary N) is 2. The second-order valence-electron chi connectivity index (χ2n) is 5.66. The van der Waals surface area contributed by atoms with Gasteiger partial charge in [-0.15, -0.1) is 0 Å². The Labute approximate surface area is 140 Å². The van der Waals surface area contributed by atoms with E-state index in [9.17, 15) is 4.79 Å². The van der Waals surface area contributed by atoms with Crippen molar-refractivity contribution in [3.8, 4) is 11.1 Å². The Hall–Kier alpha value is -3.15. The molecule has 6 nitrogen and oxygen atoms in total. The molecule has 0 aliphatic carbocycles. The van der Waals surface area contributed by atoms with Gasteiger partial charge in [-0.2, -0.15) is 5.10 Å². The highest BCUT2D eigenvalue weighted by Crippen LogP contribution is 2.18. The highest BCUT2D eigenvalue weighted by molar-refractivity contribution is 5.89. The Kier molecular flexibility index (Phi) is 4.56. The average Bonchev–Trinajstić information content (AvgIpc) is 3.02. The van der Waals surface area contributed by atoms with Crippen LogP contribution < -0.4 is 10.6 Å². The molecule has 0 bridgehead atoms. The minimum absolute atomic E-state index is 0.245. The fraction of sp³-hybridized carbons (Fsp3) is 0.167. The third kappa shape index (κ3) is 3.98. The van der Waals surface area contributed by atoms with Gasteiger partial charge in [0, 0.05) is 49.0 Å². The number of urea groups is 1. The topological polar surface area (TPSA) is 71.8 Å². The maximum Gasteiger partial charge on any atom is 0.319 e. The van der Waals surface area contributed by atoms with Gasteiger partial charge in [0.05, 0.1) is 6.20 Å². The van der Waals surface area contributed by atoms with Crippen LogP contribution in [0, 0.1) is 6.92 Å². The lowest BCUT2D eigenvalue weighted by Gasteiger charge is -2.08. The van der Waals surface area contributed by atoms with E-state index in [2.05, 4.69) is 20.7 Å². The van der Waals surface area contributed by atoms with Gasteiger partial charge in [0.2, 0.25) is 0 Å². The van der Waals surface area contributed by atoms with Crippen LogP contribution in [0.1, 0.15) is 11.1 Å². The van der Waals surface area contributed by atoms with Gasteiger partial charge in [0.25, 0.3) is 0 Å². The van der Waals surface area contributed by atoms with E-state index in [-0.39, 0.29) is 6.03 Å². The summed E-state index contributed by atoms with van der Waals surface area (Å²) in [7, 11) is 1.87. The molecule has 122 valence electrons. The van der Waals surface area contributed by atoms with Gasteiger partial charge in [-0.25, -0.2) is 4.79 Å². The summed E-state index contributed by atoms with van der Waals surface area (Å²) in [6.45, 7) is 2.41. The molecule has 3 rings (SSSR count). The smallest absolute Gasteiger partial charge is 0.319 e. The molecule has 0 aliphatic heterocycles. The van der Waals surface area contributed by atoms with Gasteiger partial charge >= 0.3 is 6.03 Å². The number of aromatic nitrogens is 3. The molecule has 6 heteroatoms. The number of hydrogen-bond acceptors (Lipinski definition) is 3. The Morgan fingerprint density at radius 2 is 1.92 bits per heavy atom. The van der Waals surface area contributed by atoms with Crippen LogP contribution in [-0.4, -0.2) is 20.8 Å². The largest absolute Gasteiger partial charge is 0.334 e. The van der Waals surface area contributed by atoms with Crippen molar-refractivity contribution in [2.75, 3.05) is 5.32 Å². The minimum atomic E-state index is -0.245. The standard InChI is InChI=1S/C18H19N5O/c1-13-3-5-17(6-4-13)22-18(24)20-9-14-7-15(10-19-8-14)16-11-21-23(2)12-16/h3-8,10-12H,9H2,1-2H3,(H2,20,22,24). The van der Waals surface area contributed by atoms with Crippen molar-refractivity contribution in [1.82, 2.24) is 20.1 Å². The molecular weight excluding hydrogens is 302 g/mol. The highest BCUT2D eigenvalue weighted by atomic mass is 16.2. The lowest BCUT2D eigenvalue weighted by Crippen LogP contribution is -2.28. The van der Waals surface area contributed by atoms with E-state index >= 15 is 0 Å². The molecule has 0 saturated carbocycles. The summed E-state index contributed by atoms with van der Waals surface area (Å²) in [6.07, 6.45) is 7.25. The van der Waals surface area contributed by atoms with Gasteiger partial charge in [0.1, 0.15) is 0 Å². The fourth-order valence-electron chi connectivity index (χ4n) is 2.31. The zero-order chi connectivity index (χ0) is 16.9. The molecule has 0 fully saturated rings. The van der Waals surface area contributed by atoms with Gasteiger partial charge < -0.3 is 10.6 Å². The number of carbonyl (C=O) groups excluding carboxylic acids is 1. The van der Waals surface area contributed by atoms with Crippen LogP contribution in [0.5, 0.6) is 0 Å². The van der Waals surface area contributed by atoms with E-state index in [0.717, 1.165) is 27.9 Å². The number of aryl methyl sites for hydroxylation is 2. The first-order valence-corrected chi connectivity index (χ1v) is 7.64. The molecule has 0 saturated heterocycles. The molecule has 0 spiro atoms. The SMILES string of the molecule is Cc1ccc(NC(=O)NCc2cncc(-c3cnn(C)c3)c2)cc1. The van der Waals surface area contributed by atoms with Crippen LogP contribution in [0.3, 0.4) is 0 Å². The van der Waals surface area contributed by atoms with Crippen LogP contribution in [0.15, 0.2) is 55.1 Å². The summed E-state index contributed by atoms with van der Waals surface area (Å²) in [5, 5.41) is 9.80. The van der Waals surface area contributed by atoms with Gasteiger partial charge in [-0.05, 0) is 30.7 Å². The molecule has 2 heterocycles. The Morgan fingerprint density at radius 3 is 2.62 bits per heavy atom. The van der Waals surface area contributed by atoms with Crippen molar-refractivity contribution in [3.63, 3.8) is 0 Å². The van der Waals surface area contributed by atoms with Crippen molar-refractivity contribution in [2.45, 2.75) is 13.5 Å². The van der Waals surface area contributed by atoms with Crippen molar-refractivity contribution in [2.24, 2.45) is 7.05 Å². The fourth-order valence-corrected chi connectivity index (χ4v) is 2.31. The van der Waals surface area contributed by atoms with Crippen LogP contribution in [-0.2, 0) is 13.6 Å². The minimum Gasteiger partial charge on any atom is -0.334 e. The molecule has 2 amide bonds. The summed E-state index contributed by atoms with van der Waals surface area (Å²) in [5.74, 6) is 0. The normalized spacial score (nSPS) is 10.4. The zero-order valence-corrected chi connectivity index (χ0v) is 13.7. The highest BCUT2D eigenvalue weighted by Gasteiger charge is 2.05. The van der Waals surface area contributed by atoms with Crippen LogP contribution >= 0.6 is 0 Å².